The summed E-state index contributed by atoms with van der Waals surface area (Å²) in [5.41, 5.74) is 1.36. The summed E-state index contributed by atoms with van der Waals surface area (Å²) in [5, 5.41) is 0.843. The average Bonchev–Trinajstić information content (AvgIpc) is 2.54. The molecule has 0 bridgehead atoms. The van der Waals surface area contributed by atoms with Crippen molar-refractivity contribution >= 4 is 20.9 Å². The summed E-state index contributed by atoms with van der Waals surface area (Å²) in [7, 11) is -3.57. The maximum atomic E-state index is 13.1. The van der Waals surface area contributed by atoms with Gasteiger partial charge in [0.2, 0.25) is 10.0 Å². The topological polar surface area (TPSA) is 59.5 Å². The van der Waals surface area contributed by atoms with Gasteiger partial charge in [0.15, 0.2) is 0 Å². The third-order valence-corrected chi connectivity index (χ3v) is 6.08. The van der Waals surface area contributed by atoms with Crippen molar-refractivity contribution in [3.05, 3.63) is 36.0 Å². The molecule has 0 unspecified atom stereocenters. The Morgan fingerprint density at radius 1 is 1.30 bits per heavy atom. The predicted octanol–water partition coefficient (Wildman–Crippen LogP) is 2.73. The minimum atomic E-state index is -3.57. The van der Waals surface area contributed by atoms with Gasteiger partial charge < -0.3 is 4.74 Å². The van der Waals surface area contributed by atoms with E-state index in [2.05, 4.69) is 4.98 Å². The van der Waals surface area contributed by atoms with E-state index in [-0.39, 0.29) is 11.0 Å². The molecule has 2 aromatic rings. The molecular formula is C17H22N2O3S. The van der Waals surface area contributed by atoms with Gasteiger partial charge in [0, 0.05) is 30.8 Å². The molecule has 1 fully saturated rings. The number of aromatic nitrogens is 1. The Morgan fingerprint density at radius 2 is 2.13 bits per heavy atom. The number of benzene rings is 1. The fraction of sp³-hybridized carbons (Fsp3) is 0.471. The van der Waals surface area contributed by atoms with Crippen molar-refractivity contribution in [2.45, 2.75) is 37.7 Å². The van der Waals surface area contributed by atoms with Gasteiger partial charge in [-0.25, -0.2) is 8.42 Å². The van der Waals surface area contributed by atoms with Crippen molar-refractivity contribution in [1.29, 1.82) is 0 Å². The smallest absolute Gasteiger partial charge is 0.245 e. The molecule has 0 N–H and O–H groups in total. The zero-order chi connectivity index (χ0) is 16.4. The van der Waals surface area contributed by atoms with Crippen molar-refractivity contribution in [2.24, 2.45) is 0 Å². The molecule has 124 valence electrons. The number of para-hydroxylation sites is 1. The minimum absolute atomic E-state index is 0.0202. The van der Waals surface area contributed by atoms with Gasteiger partial charge in [0.25, 0.3) is 0 Å². The van der Waals surface area contributed by atoms with Gasteiger partial charge in [0.05, 0.1) is 11.6 Å². The summed E-state index contributed by atoms with van der Waals surface area (Å²) in [5.74, 6) is 0. The third-order valence-electron chi connectivity index (χ3n) is 4.18. The average molecular weight is 334 g/mol. The summed E-state index contributed by atoms with van der Waals surface area (Å²) in [6.45, 7) is 5.36. The van der Waals surface area contributed by atoms with Gasteiger partial charge in [-0.1, -0.05) is 18.2 Å². The molecule has 6 heteroatoms. The third kappa shape index (κ3) is 3.24. The van der Waals surface area contributed by atoms with Crippen LogP contribution in [0.2, 0.25) is 0 Å². The van der Waals surface area contributed by atoms with Crippen LogP contribution in [-0.4, -0.2) is 43.5 Å². The predicted molar refractivity (Wildman–Crippen MR) is 89.9 cm³/mol. The summed E-state index contributed by atoms with van der Waals surface area (Å²) in [6.07, 6.45) is 1.71. The second-order valence-electron chi connectivity index (χ2n) is 5.86. The van der Waals surface area contributed by atoms with E-state index in [1.807, 2.05) is 32.0 Å². The lowest BCUT2D eigenvalue weighted by molar-refractivity contribution is 0.0265. The zero-order valence-electron chi connectivity index (χ0n) is 13.5. The molecule has 0 saturated carbocycles. The van der Waals surface area contributed by atoms with Crippen molar-refractivity contribution < 1.29 is 13.2 Å². The lowest BCUT2D eigenvalue weighted by Crippen LogP contribution is -2.43. The quantitative estimate of drug-likeness (QED) is 0.862. The Hall–Kier alpha value is -1.50. The van der Waals surface area contributed by atoms with E-state index < -0.39 is 10.0 Å². The van der Waals surface area contributed by atoms with Crippen molar-refractivity contribution in [1.82, 2.24) is 9.29 Å². The Bertz CT molecular complexity index is 803. The number of pyridine rings is 1. The van der Waals surface area contributed by atoms with Crippen LogP contribution in [-0.2, 0) is 14.8 Å². The first kappa shape index (κ1) is 16.4. The molecular weight excluding hydrogens is 312 g/mol. The molecule has 1 saturated heterocycles. The summed E-state index contributed by atoms with van der Waals surface area (Å²) in [6, 6.07) is 9.12. The molecule has 2 heterocycles. The fourth-order valence-electron chi connectivity index (χ4n) is 3.06. The number of sulfonamides is 1. The number of hydrogen-bond donors (Lipinski definition) is 0. The van der Waals surface area contributed by atoms with Crippen molar-refractivity contribution in [3.63, 3.8) is 0 Å². The van der Waals surface area contributed by atoms with Crippen LogP contribution in [0, 0.1) is 6.92 Å². The van der Waals surface area contributed by atoms with Crippen LogP contribution in [0.5, 0.6) is 0 Å². The molecule has 1 aromatic heterocycles. The summed E-state index contributed by atoms with van der Waals surface area (Å²) >= 11 is 0. The molecule has 0 aliphatic carbocycles. The van der Waals surface area contributed by atoms with Crippen molar-refractivity contribution in [3.8, 4) is 0 Å². The first-order valence-electron chi connectivity index (χ1n) is 8.00. The second-order valence-corrected chi connectivity index (χ2v) is 7.77. The number of piperidine rings is 1. The molecule has 0 amide bonds. The van der Waals surface area contributed by atoms with Crippen LogP contribution < -0.4 is 0 Å². The van der Waals surface area contributed by atoms with E-state index in [1.165, 1.54) is 4.31 Å². The largest absolute Gasteiger partial charge is 0.377 e. The Morgan fingerprint density at radius 3 is 2.91 bits per heavy atom. The highest BCUT2D eigenvalue weighted by molar-refractivity contribution is 7.89. The van der Waals surface area contributed by atoms with E-state index >= 15 is 0 Å². The zero-order valence-corrected chi connectivity index (χ0v) is 14.3. The number of ether oxygens (including phenoxy) is 1. The second kappa shape index (κ2) is 6.55. The van der Waals surface area contributed by atoms with Crippen LogP contribution in [0.15, 0.2) is 35.2 Å². The maximum absolute atomic E-state index is 13.1. The Kier molecular flexibility index (Phi) is 4.66. The van der Waals surface area contributed by atoms with Gasteiger partial charge in [-0.15, -0.1) is 0 Å². The molecule has 3 rings (SSSR count). The van der Waals surface area contributed by atoms with E-state index in [0.717, 1.165) is 23.9 Å². The summed E-state index contributed by atoms with van der Waals surface area (Å²) < 4.78 is 33.4. The number of nitrogens with zero attached hydrogens (tertiary/aromatic N) is 2. The number of aryl methyl sites for hydroxylation is 1. The molecule has 1 aliphatic heterocycles. The van der Waals surface area contributed by atoms with Gasteiger partial charge in [0.1, 0.15) is 4.90 Å². The first-order valence-corrected chi connectivity index (χ1v) is 9.44. The monoisotopic (exact) mass is 334 g/mol. The standard InChI is InChI=1S/C17H22N2O3S/c1-3-22-15-7-5-11-19(12-15)23(20,21)16-8-4-6-14-10-9-13(2)18-17(14)16/h4,6,8-10,15H,3,5,7,11-12H2,1-2H3/t15-/m1/s1. The van der Waals surface area contributed by atoms with E-state index in [9.17, 15) is 8.42 Å². The van der Waals surface area contributed by atoms with E-state index in [0.29, 0.717) is 25.2 Å². The van der Waals surface area contributed by atoms with Crippen LogP contribution in [0.1, 0.15) is 25.5 Å². The molecule has 1 aromatic carbocycles. The highest BCUT2D eigenvalue weighted by Gasteiger charge is 2.31. The SMILES string of the molecule is CCO[C@@H]1CCCN(S(=O)(=O)c2cccc3ccc(C)nc23)C1. The Balaban J connectivity index is 2.01. The van der Waals surface area contributed by atoms with Gasteiger partial charge in [-0.3, -0.25) is 4.98 Å². The fourth-order valence-corrected chi connectivity index (χ4v) is 4.73. The lowest BCUT2D eigenvalue weighted by Gasteiger charge is -2.31. The van der Waals surface area contributed by atoms with Gasteiger partial charge >= 0.3 is 0 Å². The Labute approximate surface area is 137 Å². The normalized spacial score (nSPS) is 20.0. The molecule has 23 heavy (non-hydrogen) atoms. The first-order chi connectivity index (χ1) is 11.0. The highest BCUT2D eigenvalue weighted by atomic mass is 32.2. The molecule has 0 radical (unpaired) electrons. The minimum Gasteiger partial charge on any atom is -0.377 e. The van der Waals surface area contributed by atoms with Crippen LogP contribution in [0.25, 0.3) is 10.9 Å². The number of hydrogen-bond acceptors (Lipinski definition) is 4. The molecule has 1 aliphatic rings. The van der Waals surface area contributed by atoms with Gasteiger partial charge in [-0.2, -0.15) is 4.31 Å². The van der Waals surface area contributed by atoms with Crippen LogP contribution in [0.3, 0.4) is 0 Å². The van der Waals surface area contributed by atoms with Crippen molar-refractivity contribution in [2.75, 3.05) is 19.7 Å². The van der Waals surface area contributed by atoms with E-state index in [4.69, 9.17) is 4.74 Å². The van der Waals surface area contributed by atoms with Gasteiger partial charge in [-0.05, 0) is 38.8 Å². The lowest BCUT2D eigenvalue weighted by atomic mass is 10.1. The van der Waals surface area contributed by atoms with E-state index in [1.54, 1.807) is 12.1 Å². The van der Waals surface area contributed by atoms with Crippen LogP contribution >= 0.6 is 0 Å². The maximum Gasteiger partial charge on any atom is 0.245 e. The molecule has 0 spiro atoms. The molecule has 1 atom stereocenters. The number of fused-ring (bicyclic) bond motifs is 1. The molecule has 5 nitrogen and oxygen atoms in total. The highest BCUT2D eigenvalue weighted by Crippen LogP contribution is 2.27. The van der Waals surface area contributed by atoms with Crippen LogP contribution in [0.4, 0.5) is 0 Å². The summed E-state index contributed by atoms with van der Waals surface area (Å²) in [4.78, 5) is 4.74. The number of rotatable bonds is 4.